The quantitative estimate of drug-likeness (QED) is 0.599. The molecule has 0 saturated heterocycles. The summed E-state index contributed by atoms with van der Waals surface area (Å²) < 4.78 is 27.8. The van der Waals surface area contributed by atoms with Gasteiger partial charge in [0.15, 0.2) is 0 Å². The molecule has 10 heteroatoms. The van der Waals surface area contributed by atoms with E-state index in [0.717, 1.165) is 37.0 Å². The van der Waals surface area contributed by atoms with E-state index in [4.69, 9.17) is 0 Å². The van der Waals surface area contributed by atoms with Gasteiger partial charge in [-0.05, 0) is 42.7 Å². The lowest BCUT2D eigenvalue weighted by Crippen LogP contribution is -2.37. The third kappa shape index (κ3) is 4.40. The van der Waals surface area contributed by atoms with Gasteiger partial charge < -0.3 is 9.88 Å². The average Bonchev–Trinajstić information content (AvgIpc) is 2.92. The van der Waals surface area contributed by atoms with E-state index in [9.17, 15) is 18.0 Å². The predicted molar refractivity (Wildman–Crippen MR) is 116 cm³/mol. The number of hydrogen-bond donors (Lipinski definition) is 1. The van der Waals surface area contributed by atoms with Crippen LogP contribution in [0.15, 0.2) is 52.2 Å². The highest BCUT2D eigenvalue weighted by molar-refractivity contribution is 7.98. The Morgan fingerprint density at radius 3 is 2.68 bits per heavy atom. The lowest BCUT2D eigenvalue weighted by Gasteiger charge is -2.22. The largest absolute Gasteiger partial charge is 0.324 e. The van der Waals surface area contributed by atoms with Crippen LogP contribution in [0.25, 0.3) is 10.2 Å². The highest BCUT2D eigenvalue weighted by atomic mass is 32.2. The Morgan fingerprint density at radius 1 is 1.25 bits per heavy atom. The normalized spacial score (nSPS) is 11.5. The fraction of sp³-hybridized carbons (Fsp3) is 0.222. The number of aromatic nitrogens is 1. The van der Waals surface area contributed by atoms with E-state index in [1.54, 1.807) is 43.4 Å². The molecular weight excluding hydrogens is 418 g/mol. The molecule has 0 radical (unpaired) electrons. The first-order valence-electron chi connectivity index (χ1n) is 8.20. The van der Waals surface area contributed by atoms with Gasteiger partial charge in [0.2, 0.25) is 15.9 Å². The van der Waals surface area contributed by atoms with Crippen LogP contribution in [0.2, 0.25) is 0 Å². The van der Waals surface area contributed by atoms with Gasteiger partial charge in [0.05, 0.1) is 22.2 Å². The van der Waals surface area contributed by atoms with Gasteiger partial charge in [-0.3, -0.25) is 13.9 Å². The highest BCUT2D eigenvalue weighted by Crippen LogP contribution is 2.25. The van der Waals surface area contributed by atoms with E-state index in [-0.39, 0.29) is 11.4 Å². The minimum absolute atomic E-state index is 0.0876. The SMILES string of the molecule is CSc1cccc(N(CC(=O)Nc2ccc3c(c2)sc(=O)n3C)S(C)(=O)=O)c1. The molecule has 0 aliphatic rings. The summed E-state index contributed by atoms with van der Waals surface area (Å²) in [4.78, 5) is 25.1. The van der Waals surface area contributed by atoms with Crippen molar-refractivity contribution in [2.45, 2.75) is 4.90 Å². The molecule has 0 spiro atoms. The van der Waals surface area contributed by atoms with Gasteiger partial charge in [-0.25, -0.2) is 8.42 Å². The maximum absolute atomic E-state index is 12.5. The number of nitrogens with one attached hydrogen (secondary N) is 1. The van der Waals surface area contributed by atoms with E-state index in [1.165, 1.54) is 16.3 Å². The number of anilines is 2. The Bertz CT molecular complexity index is 1200. The fourth-order valence-electron chi connectivity index (χ4n) is 2.71. The Hall–Kier alpha value is -2.30. The summed E-state index contributed by atoms with van der Waals surface area (Å²) in [5, 5.41) is 2.71. The summed E-state index contributed by atoms with van der Waals surface area (Å²) in [6, 6.07) is 12.1. The molecule has 7 nitrogen and oxygen atoms in total. The Labute approximate surface area is 171 Å². The van der Waals surface area contributed by atoms with Crippen molar-refractivity contribution in [3.05, 3.63) is 52.1 Å². The summed E-state index contributed by atoms with van der Waals surface area (Å²) in [7, 11) is -1.96. The second kappa shape index (κ2) is 7.98. The number of nitrogens with zero attached hydrogens (tertiary/aromatic N) is 2. The summed E-state index contributed by atoms with van der Waals surface area (Å²) in [5.74, 6) is -0.470. The van der Waals surface area contributed by atoms with Crippen LogP contribution < -0.4 is 14.5 Å². The molecule has 1 amide bonds. The number of amides is 1. The zero-order valence-corrected chi connectivity index (χ0v) is 18.0. The number of aryl methyl sites for hydroxylation is 1. The molecule has 0 bridgehead atoms. The highest BCUT2D eigenvalue weighted by Gasteiger charge is 2.21. The van der Waals surface area contributed by atoms with E-state index >= 15 is 0 Å². The van der Waals surface area contributed by atoms with Crippen LogP contribution in [0.4, 0.5) is 11.4 Å². The van der Waals surface area contributed by atoms with Crippen LogP contribution >= 0.6 is 23.1 Å². The van der Waals surface area contributed by atoms with Gasteiger partial charge in [-0.1, -0.05) is 17.4 Å². The van der Waals surface area contributed by atoms with Crippen LogP contribution in [-0.4, -0.2) is 37.9 Å². The Morgan fingerprint density at radius 2 is 2.00 bits per heavy atom. The second-order valence-electron chi connectivity index (χ2n) is 6.13. The van der Waals surface area contributed by atoms with Crippen molar-refractivity contribution in [2.75, 3.05) is 28.7 Å². The van der Waals surface area contributed by atoms with Crippen molar-refractivity contribution in [2.24, 2.45) is 7.05 Å². The number of benzene rings is 2. The molecule has 0 saturated carbocycles. The Balaban J connectivity index is 1.83. The van der Waals surface area contributed by atoms with Crippen molar-refractivity contribution in [1.29, 1.82) is 0 Å². The number of thioether (sulfide) groups is 1. The lowest BCUT2D eigenvalue weighted by molar-refractivity contribution is -0.114. The molecule has 0 atom stereocenters. The van der Waals surface area contributed by atoms with E-state index < -0.39 is 15.9 Å². The van der Waals surface area contributed by atoms with Crippen molar-refractivity contribution < 1.29 is 13.2 Å². The summed E-state index contributed by atoms with van der Waals surface area (Å²) in [6.07, 6.45) is 2.96. The van der Waals surface area contributed by atoms with E-state index in [0.29, 0.717) is 11.4 Å². The molecule has 3 rings (SSSR count). The first kappa shape index (κ1) is 20.4. The molecule has 1 heterocycles. The molecule has 0 fully saturated rings. The molecule has 1 aromatic heterocycles. The van der Waals surface area contributed by atoms with Gasteiger partial charge in [0.25, 0.3) is 0 Å². The number of rotatable bonds is 6. The topological polar surface area (TPSA) is 88.5 Å². The van der Waals surface area contributed by atoms with E-state index in [1.807, 2.05) is 12.3 Å². The minimum Gasteiger partial charge on any atom is -0.324 e. The zero-order valence-electron chi connectivity index (χ0n) is 15.5. The zero-order chi connectivity index (χ0) is 20.5. The molecule has 0 aliphatic carbocycles. The third-order valence-electron chi connectivity index (χ3n) is 4.10. The summed E-state index contributed by atoms with van der Waals surface area (Å²) in [6.45, 7) is -0.347. The van der Waals surface area contributed by atoms with Crippen molar-refractivity contribution in [3.8, 4) is 0 Å². The van der Waals surface area contributed by atoms with Crippen LogP contribution in [0.5, 0.6) is 0 Å². The Kier molecular flexibility index (Phi) is 5.82. The lowest BCUT2D eigenvalue weighted by atomic mass is 10.3. The number of hydrogen-bond acceptors (Lipinski definition) is 6. The van der Waals surface area contributed by atoms with Crippen molar-refractivity contribution in [3.63, 3.8) is 0 Å². The molecule has 0 unspecified atom stereocenters. The standard InChI is InChI=1S/C18H19N3O4S3/c1-20-15-8-7-12(9-16(15)27-18(20)23)19-17(22)11-21(28(3,24)25)13-5-4-6-14(10-13)26-2/h4-10H,11H2,1-3H3,(H,19,22). The molecular formula is C18H19N3O4S3. The van der Waals surface area contributed by atoms with Gasteiger partial charge in [0, 0.05) is 17.6 Å². The second-order valence-corrected chi connectivity index (χ2v) is 9.91. The molecule has 2 aromatic carbocycles. The monoisotopic (exact) mass is 437 g/mol. The summed E-state index contributed by atoms with van der Waals surface area (Å²) in [5.41, 5.74) is 1.71. The van der Waals surface area contributed by atoms with Gasteiger partial charge >= 0.3 is 4.87 Å². The van der Waals surface area contributed by atoms with Crippen LogP contribution in [0.1, 0.15) is 0 Å². The smallest absolute Gasteiger partial charge is 0.307 e. The summed E-state index contributed by atoms with van der Waals surface area (Å²) >= 11 is 2.57. The van der Waals surface area contributed by atoms with Gasteiger partial charge in [0.1, 0.15) is 6.54 Å². The number of carbonyl (C=O) groups excluding carboxylic acids is 1. The number of carbonyl (C=O) groups is 1. The number of thiazole rings is 1. The molecule has 3 aromatic rings. The van der Waals surface area contributed by atoms with Crippen molar-refractivity contribution >= 4 is 60.6 Å². The first-order chi connectivity index (χ1) is 13.2. The first-order valence-corrected chi connectivity index (χ1v) is 12.1. The van der Waals surface area contributed by atoms with E-state index in [2.05, 4.69) is 5.32 Å². The maximum Gasteiger partial charge on any atom is 0.307 e. The maximum atomic E-state index is 12.5. The molecule has 148 valence electrons. The predicted octanol–water partition coefficient (Wildman–Crippen LogP) is 2.73. The molecule has 1 N–H and O–H groups in total. The average molecular weight is 438 g/mol. The molecule has 28 heavy (non-hydrogen) atoms. The van der Waals surface area contributed by atoms with Crippen LogP contribution in [0.3, 0.4) is 0 Å². The van der Waals surface area contributed by atoms with Gasteiger partial charge in [-0.2, -0.15) is 0 Å². The van der Waals surface area contributed by atoms with Crippen LogP contribution in [0, 0.1) is 0 Å². The molecule has 0 aliphatic heterocycles. The third-order valence-corrected chi connectivity index (χ3v) is 6.97. The van der Waals surface area contributed by atoms with Crippen LogP contribution in [-0.2, 0) is 21.9 Å². The number of sulfonamides is 1. The van der Waals surface area contributed by atoms with Gasteiger partial charge in [-0.15, -0.1) is 11.8 Å². The minimum atomic E-state index is -3.65. The van der Waals surface area contributed by atoms with Crippen molar-refractivity contribution in [1.82, 2.24) is 4.57 Å². The fourth-order valence-corrected chi connectivity index (χ4v) is 4.93. The number of fused-ring (bicyclic) bond motifs is 1.